The molecule has 12 heavy (non-hydrogen) atoms. The van der Waals surface area contributed by atoms with E-state index in [2.05, 4.69) is 6.58 Å². The summed E-state index contributed by atoms with van der Waals surface area (Å²) in [6, 6.07) is 0. The maximum Gasteiger partial charge on any atom is 0.109 e. The van der Waals surface area contributed by atoms with Crippen LogP contribution in [0.1, 0.15) is 26.2 Å². The summed E-state index contributed by atoms with van der Waals surface area (Å²) in [6.07, 6.45) is 3.45. The van der Waals surface area contributed by atoms with E-state index >= 15 is 0 Å². The first-order valence-corrected chi connectivity index (χ1v) is 4.14. The third kappa shape index (κ3) is 2.54. The van der Waals surface area contributed by atoms with Crippen LogP contribution >= 0.6 is 0 Å². The Hall–Kier alpha value is 1.10. The third-order valence-electron chi connectivity index (χ3n) is 2.64. The number of aliphatic hydroxyl groups excluding tert-OH is 1. The smallest absolute Gasteiger partial charge is 0.109 e. The normalized spacial score (nSPS) is 41.6. The molecule has 0 heterocycles. The summed E-state index contributed by atoms with van der Waals surface area (Å²) in [5.74, 6) is 0.187. The average molecular weight is 383 g/mol. The van der Waals surface area contributed by atoms with Gasteiger partial charge in [0.2, 0.25) is 0 Å². The second-order valence-electron chi connectivity index (χ2n) is 3.51. The first-order valence-electron chi connectivity index (χ1n) is 4.14. The number of aliphatic hydroxyl groups is 2. The maximum atomic E-state index is 9.75. The van der Waals surface area contributed by atoms with Crippen LogP contribution < -0.4 is 0 Å². The molecule has 3 unspecified atom stereocenters. The second kappa shape index (κ2) is 5.10. The van der Waals surface area contributed by atoms with Crippen molar-refractivity contribution in [1.82, 2.24) is 0 Å². The van der Waals surface area contributed by atoms with Gasteiger partial charge in [0, 0.05) is 44.1 Å². The Bertz CT molecular complexity index is 161. The van der Waals surface area contributed by atoms with Gasteiger partial charge >= 0.3 is 0 Å². The van der Waals surface area contributed by atoms with Gasteiger partial charge in [0.05, 0.1) is 6.10 Å². The molecule has 0 aliphatic heterocycles. The van der Waals surface area contributed by atoms with Crippen LogP contribution in [-0.4, -0.2) is 21.9 Å². The van der Waals surface area contributed by atoms with Gasteiger partial charge in [-0.3, -0.25) is 0 Å². The van der Waals surface area contributed by atoms with Gasteiger partial charge in [-0.15, -0.1) is 6.58 Å². The molecule has 0 bridgehead atoms. The zero-order valence-corrected chi connectivity index (χ0v) is 12.3. The van der Waals surface area contributed by atoms with Crippen LogP contribution in [0.15, 0.2) is 12.7 Å². The molecule has 1 saturated carbocycles. The molecular formula is C9H16AcO2. The summed E-state index contributed by atoms with van der Waals surface area (Å²) in [4.78, 5) is 0. The van der Waals surface area contributed by atoms with Crippen molar-refractivity contribution < 1.29 is 54.3 Å². The van der Waals surface area contributed by atoms with Crippen LogP contribution in [-0.2, 0) is 0 Å². The Morgan fingerprint density at radius 1 is 1.58 bits per heavy atom. The fourth-order valence-electron chi connectivity index (χ4n) is 1.73. The summed E-state index contributed by atoms with van der Waals surface area (Å²) in [7, 11) is 0. The fourth-order valence-corrected chi connectivity index (χ4v) is 1.73. The maximum absolute atomic E-state index is 9.75. The van der Waals surface area contributed by atoms with E-state index < -0.39 is 11.7 Å². The van der Waals surface area contributed by atoms with Crippen molar-refractivity contribution >= 4 is 0 Å². The van der Waals surface area contributed by atoms with Crippen LogP contribution in [0.2, 0.25) is 0 Å². The zero-order chi connectivity index (χ0) is 8.48. The van der Waals surface area contributed by atoms with E-state index in [1.54, 1.807) is 0 Å². The van der Waals surface area contributed by atoms with Gasteiger partial charge in [0.15, 0.2) is 0 Å². The zero-order valence-electron chi connectivity index (χ0n) is 7.53. The van der Waals surface area contributed by atoms with Gasteiger partial charge in [-0.05, 0) is 25.2 Å². The van der Waals surface area contributed by atoms with E-state index in [-0.39, 0.29) is 50.0 Å². The van der Waals surface area contributed by atoms with Crippen molar-refractivity contribution in [2.75, 3.05) is 0 Å². The Balaban J connectivity index is 0.00000121. The SMILES string of the molecule is C=CC1(O)CCCC(C)C1O.[Ac]. The van der Waals surface area contributed by atoms with E-state index in [9.17, 15) is 10.2 Å². The van der Waals surface area contributed by atoms with E-state index in [1.165, 1.54) is 6.08 Å². The van der Waals surface area contributed by atoms with Crippen molar-refractivity contribution in [1.29, 1.82) is 0 Å². The molecule has 0 aromatic rings. The van der Waals surface area contributed by atoms with Gasteiger partial charge in [0.25, 0.3) is 0 Å². The Morgan fingerprint density at radius 3 is 2.58 bits per heavy atom. The predicted molar refractivity (Wildman–Crippen MR) is 44.2 cm³/mol. The molecule has 1 fully saturated rings. The third-order valence-corrected chi connectivity index (χ3v) is 2.64. The molecule has 0 aromatic heterocycles. The largest absolute Gasteiger partial charge is 0.390 e. The average Bonchev–Trinajstić information content (AvgIpc) is 2.00. The van der Waals surface area contributed by atoms with E-state index in [0.29, 0.717) is 6.42 Å². The summed E-state index contributed by atoms with van der Waals surface area (Å²) in [5.41, 5.74) is -1.03. The molecule has 1 radical (unpaired) electrons. The summed E-state index contributed by atoms with van der Waals surface area (Å²) in [5, 5.41) is 19.3. The van der Waals surface area contributed by atoms with Gasteiger partial charge in [-0.2, -0.15) is 0 Å². The molecule has 0 saturated heterocycles. The van der Waals surface area contributed by atoms with Crippen LogP contribution in [0.3, 0.4) is 0 Å². The first-order chi connectivity index (χ1) is 5.10. The van der Waals surface area contributed by atoms with E-state index in [0.717, 1.165) is 12.8 Å². The Labute approximate surface area is 110 Å². The number of hydrogen-bond donors (Lipinski definition) is 2. The molecule has 0 amide bonds. The fraction of sp³-hybridized carbons (Fsp3) is 0.778. The molecule has 3 atom stereocenters. The summed E-state index contributed by atoms with van der Waals surface area (Å²) >= 11 is 0. The van der Waals surface area contributed by atoms with Gasteiger partial charge < -0.3 is 10.2 Å². The molecule has 1 aliphatic carbocycles. The van der Waals surface area contributed by atoms with Crippen molar-refractivity contribution in [2.45, 2.75) is 37.9 Å². The van der Waals surface area contributed by atoms with E-state index in [1.807, 2.05) is 6.92 Å². The van der Waals surface area contributed by atoms with Crippen molar-refractivity contribution in [2.24, 2.45) is 5.92 Å². The first kappa shape index (κ1) is 13.1. The Kier molecular flexibility index (Phi) is 5.57. The minimum absolute atomic E-state index is 0. The van der Waals surface area contributed by atoms with Crippen LogP contribution in [0.25, 0.3) is 0 Å². The van der Waals surface area contributed by atoms with Crippen LogP contribution in [0, 0.1) is 50.0 Å². The minimum atomic E-state index is -1.03. The van der Waals surface area contributed by atoms with Crippen molar-refractivity contribution in [3.05, 3.63) is 12.7 Å². The second-order valence-corrected chi connectivity index (χ2v) is 3.51. The van der Waals surface area contributed by atoms with Crippen LogP contribution in [0.5, 0.6) is 0 Å². The molecule has 0 spiro atoms. The van der Waals surface area contributed by atoms with E-state index in [4.69, 9.17) is 0 Å². The number of rotatable bonds is 1. The van der Waals surface area contributed by atoms with Gasteiger partial charge in [-0.1, -0.05) is 13.0 Å². The molecule has 2 N–H and O–H groups in total. The number of hydrogen-bond acceptors (Lipinski definition) is 2. The minimum Gasteiger partial charge on any atom is -0.390 e. The summed E-state index contributed by atoms with van der Waals surface area (Å²) < 4.78 is 0. The quantitative estimate of drug-likeness (QED) is 0.666. The standard InChI is InChI=1S/C9H16O2.Ac/c1-3-9(11)6-4-5-7(2)8(9)10;/h3,7-8,10-11H,1,4-6H2,2H3;. The van der Waals surface area contributed by atoms with Crippen molar-refractivity contribution in [3.63, 3.8) is 0 Å². The van der Waals surface area contributed by atoms with Crippen LogP contribution in [0.4, 0.5) is 0 Å². The molecule has 1 aliphatic rings. The summed E-state index contributed by atoms with van der Waals surface area (Å²) in [6.45, 7) is 5.49. The van der Waals surface area contributed by atoms with Crippen molar-refractivity contribution in [3.8, 4) is 0 Å². The molecule has 2 nitrogen and oxygen atoms in total. The van der Waals surface area contributed by atoms with Gasteiger partial charge in [0.1, 0.15) is 5.60 Å². The molecule has 1 rings (SSSR count). The molecule has 67 valence electrons. The molecule has 3 heteroatoms. The predicted octanol–water partition coefficient (Wildman–Crippen LogP) is 1.08. The topological polar surface area (TPSA) is 40.5 Å². The monoisotopic (exact) mass is 383 g/mol. The molecular weight excluding hydrogens is 367 g/mol. The Morgan fingerprint density at radius 2 is 2.17 bits per heavy atom. The molecule has 0 aromatic carbocycles. The van der Waals surface area contributed by atoms with Gasteiger partial charge in [-0.25, -0.2) is 0 Å².